The summed E-state index contributed by atoms with van der Waals surface area (Å²) in [6, 6.07) is 8.70. The van der Waals surface area contributed by atoms with Gasteiger partial charge in [-0.1, -0.05) is 47.1 Å². The monoisotopic (exact) mass is 430 g/mol. The Kier molecular flexibility index (Phi) is 6.08. The second kappa shape index (κ2) is 8.33. The van der Waals surface area contributed by atoms with Gasteiger partial charge in [0.05, 0.1) is 10.0 Å². The quantitative estimate of drug-likeness (QED) is 0.439. The second-order valence-electron chi connectivity index (χ2n) is 5.50. The van der Waals surface area contributed by atoms with E-state index in [0.717, 1.165) is 11.8 Å². The first-order valence-corrected chi connectivity index (χ1v) is 9.38. The maximum absolute atomic E-state index is 13.9. The summed E-state index contributed by atoms with van der Waals surface area (Å²) in [6.45, 7) is 1.62. The summed E-state index contributed by atoms with van der Waals surface area (Å²) in [7, 11) is 0. The minimum atomic E-state index is -0.630. The zero-order valence-corrected chi connectivity index (χ0v) is 16.3. The molecule has 0 aliphatic heterocycles. The van der Waals surface area contributed by atoms with Crippen molar-refractivity contribution in [3.63, 3.8) is 0 Å². The predicted molar refractivity (Wildman–Crippen MR) is 102 cm³/mol. The largest absolute Gasteiger partial charge is 0.482 e. The Bertz CT molecular complexity index is 930. The molecule has 0 spiro atoms. The van der Waals surface area contributed by atoms with Crippen molar-refractivity contribution in [2.24, 2.45) is 0 Å². The summed E-state index contributed by atoms with van der Waals surface area (Å²) in [4.78, 5) is 0. The molecule has 0 radical (unpaired) electrons. The fourth-order valence-electron chi connectivity index (χ4n) is 2.36. The van der Waals surface area contributed by atoms with Gasteiger partial charge in [-0.2, -0.15) is 0 Å². The van der Waals surface area contributed by atoms with Crippen molar-refractivity contribution in [1.82, 2.24) is 14.9 Å². The molecule has 0 bridgehead atoms. The number of hydrogen-bond donors (Lipinski definition) is 1. The molecule has 5 nitrogen and oxygen atoms in total. The molecule has 0 aliphatic rings. The molecule has 1 atom stereocenters. The molecule has 1 heterocycles. The highest BCUT2D eigenvalue weighted by molar-refractivity contribution is 7.99. The molecule has 0 aliphatic carbocycles. The van der Waals surface area contributed by atoms with Gasteiger partial charge in [-0.3, -0.25) is 0 Å². The molecule has 0 unspecified atom stereocenters. The first-order chi connectivity index (χ1) is 12.9. The number of nitrogens with two attached hydrogens (primary N) is 1. The molecule has 3 aromatic rings. The van der Waals surface area contributed by atoms with Crippen LogP contribution >= 0.6 is 35.0 Å². The van der Waals surface area contributed by atoms with Gasteiger partial charge in [0.1, 0.15) is 18.2 Å². The molecular weight excluding hydrogens is 417 g/mol. The van der Waals surface area contributed by atoms with Crippen LogP contribution in [0.5, 0.6) is 5.75 Å². The number of nitrogen functional groups attached to an aromatic ring is 1. The van der Waals surface area contributed by atoms with E-state index in [1.165, 1.54) is 22.9 Å². The summed E-state index contributed by atoms with van der Waals surface area (Å²) in [5.74, 6) is 5.33. The molecule has 2 aromatic carbocycles. The maximum Gasteiger partial charge on any atom is 0.210 e. The third-order valence-corrected chi connectivity index (χ3v) is 5.36. The van der Waals surface area contributed by atoms with Gasteiger partial charge in [0, 0.05) is 10.8 Å². The zero-order chi connectivity index (χ0) is 19.6. The summed E-state index contributed by atoms with van der Waals surface area (Å²) < 4.78 is 34.6. The van der Waals surface area contributed by atoms with Crippen LogP contribution in [-0.2, 0) is 6.61 Å². The van der Waals surface area contributed by atoms with Gasteiger partial charge in [-0.15, -0.1) is 10.2 Å². The van der Waals surface area contributed by atoms with Gasteiger partial charge < -0.3 is 10.6 Å². The molecule has 0 fully saturated rings. The van der Waals surface area contributed by atoms with Gasteiger partial charge in [-0.05, 0) is 31.2 Å². The Balaban J connectivity index is 1.74. The molecule has 10 heteroatoms. The van der Waals surface area contributed by atoms with Crippen LogP contribution < -0.4 is 10.6 Å². The molecule has 0 saturated heterocycles. The lowest BCUT2D eigenvalue weighted by molar-refractivity contribution is 0.292. The van der Waals surface area contributed by atoms with Crippen molar-refractivity contribution in [2.75, 3.05) is 5.84 Å². The SMILES string of the molecule is C[C@H](Sc1nnc(COc2c(Cl)cccc2Cl)n1N)c1c(F)cccc1F. The fraction of sp³-hybridized carbons (Fsp3) is 0.176. The highest BCUT2D eigenvalue weighted by Crippen LogP contribution is 2.36. The average molecular weight is 431 g/mol. The van der Waals surface area contributed by atoms with Crippen LogP contribution in [0, 0.1) is 11.6 Å². The van der Waals surface area contributed by atoms with Crippen LogP contribution in [0.25, 0.3) is 0 Å². The normalized spacial score (nSPS) is 12.2. The predicted octanol–water partition coefficient (Wildman–Crippen LogP) is 5.01. The Morgan fingerprint density at radius 2 is 1.70 bits per heavy atom. The first-order valence-electron chi connectivity index (χ1n) is 7.75. The van der Waals surface area contributed by atoms with Crippen molar-refractivity contribution in [3.8, 4) is 5.75 Å². The topological polar surface area (TPSA) is 66.0 Å². The Morgan fingerprint density at radius 3 is 2.33 bits per heavy atom. The Morgan fingerprint density at radius 1 is 1.11 bits per heavy atom. The highest BCUT2D eigenvalue weighted by atomic mass is 35.5. The number of aromatic nitrogens is 3. The number of hydrogen-bond acceptors (Lipinski definition) is 5. The summed E-state index contributed by atoms with van der Waals surface area (Å²) >= 11 is 13.2. The molecular formula is C17H14Cl2F2N4OS. The first kappa shape index (κ1) is 19.7. The Labute approximate surface area is 168 Å². The molecule has 0 saturated carbocycles. The van der Waals surface area contributed by atoms with E-state index in [2.05, 4.69) is 10.2 Å². The number of thioether (sulfide) groups is 1. The summed E-state index contributed by atoms with van der Waals surface area (Å²) in [5, 5.41) is 8.33. The van der Waals surface area contributed by atoms with Crippen LogP contribution in [-0.4, -0.2) is 14.9 Å². The van der Waals surface area contributed by atoms with Crippen molar-refractivity contribution in [2.45, 2.75) is 23.9 Å². The van der Waals surface area contributed by atoms with E-state index in [4.69, 9.17) is 33.8 Å². The van der Waals surface area contributed by atoms with Gasteiger partial charge in [0.15, 0.2) is 11.6 Å². The average Bonchev–Trinajstić information content (AvgIpc) is 2.94. The van der Waals surface area contributed by atoms with Crippen LogP contribution in [0.4, 0.5) is 8.78 Å². The number of para-hydroxylation sites is 1. The number of ether oxygens (including phenoxy) is 1. The maximum atomic E-state index is 13.9. The number of benzene rings is 2. The zero-order valence-electron chi connectivity index (χ0n) is 14.0. The van der Waals surface area contributed by atoms with Gasteiger partial charge in [-0.25, -0.2) is 13.5 Å². The minimum Gasteiger partial charge on any atom is -0.482 e. The van der Waals surface area contributed by atoms with Gasteiger partial charge >= 0.3 is 0 Å². The van der Waals surface area contributed by atoms with E-state index in [1.54, 1.807) is 25.1 Å². The third-order valence-electron chi connectivity index (χ3n) is 3.69. The minimum absolute atomic E-state index is 0.0318. The molecule has 3 rings (SSSR count). The van der Waals surface area contributed by atoms with Crippen LogP contribution in [0.15, 0.2) is 41.6 Å². The third kappa shape index (κ3) is 4.28. The van der Waals surface area contributed by atoms with Gasteiger partial charge in [0.2, 0.25) is 5.16 Å². The molecule has 2 N–H and O–H groups in total. The summed E-state index contributed by atoms with van der Waals surface area (Å²) in [5.41, 5.74) is -0.0499. The lowest BCUT2D eigenvalue weighted by Crippen LogP contribution is -2.16. The number of halogens is 4. The van der Waals surface area contributed by atoms with Crippen molar-refractivity contribution >= 4 is 35.0 Å². The smallest absolute Gasteiger partial charge is 0.210 e. The van der Waals surface area contributed by atoms with E-state index >= 15 is 0 Å². The molecule has 27 heavy (non-hydrogen) atoms. The van der Waals surface area contributed by atoms with Crippen LogP contribution in [0.2, 0.25) is 10.0 Å². The van der Waals surface area contributed by atoms with E-state index < -0.39 is 16.9 Å². The standard InChI is InChI=1S/C17H14Cl2F2N4OS/c1-9(15-12(20)6-3-7-13(15)21)27-17-24-23-14(25(17)22)8-26-16-10(18)4-2-5-11(16)19/h2-7,9H,8,22H2,1H3/t9-/m0/s1. The summed E-state index contributed by atoms with van der Waals surface area (Å²) in [6.07, 6.45) is 0. The number of rotatable bonds is 6. The van der Waals surface area contributed by atoms with Crippen LogP contribution in [0.1, 0.15) is 23.6 Å². The lowest BCUT2D eigenvalue weighted by atomic mass is 10.1. The highest BCUT2D eigenvalue weighted by Gasteiger charge is 2.21. The number of nitrogens with zero attached hydrogens (tertiary/aromatic N) is 3. The van der Waals surface area contributed by atoms with Crippen molar-refractivity contribution in [3.05, 3.63) is 69.5 Å². The van der Waals surface area contributed by atoms with E-state index in [1.807, 2.05) is 0 Å². The molecule has 1 aromatic heterocycles. The van der Waals surface area contributed by atoms with Crippen LogP contribution in [0.3, 0.4) is 0 Å². The lowest BCUT2D eigenvalue weighted by Gasteiger charge is -2.13. The van der Waals surface area contributed by atoms with Crippen molar-refractivity contribution < 1.29 is 13.5 Å². The van der Waals surface area contributed by atoms with E-state index in [9.17, 15) is 8.78 Å². The van der Waals surface area contributed by atoms with E-state index in [-0.39, 0.29) is 17.3 Å². The van der Waals surface area contributed by atoms with Gasteiger partial charge in [0.25, 0.3) is 0 Å². The Hall–Kier alpha value is -2.03. The van der Waals surface area contributed by atoms with E-state index in [0.29, 0.717) is 21.6 Å². The fourth-order valence-corrected chi connectivity index (χ4v) is 3.83. The molecule has 142 valence electrons. The van der Waals surface area contributed by atoms with Crippen molar-refractivity contribution in [1.29, 1.82) is 0 Å². The second-order valence-corrected chi connectivity index (χ2v) is 7.63. The molecule has 0 amide bonds.